The zero-order valence-electron chi connectivity index (χ0n) is 13.7. The number of halogens is 1. The van der Waals surface area contributed by atoms with Gasteiger partial charge in [-0.25, -0.2) is 9.97 Å². The average Bonchev–Trinajstić information content (AvgIpc) is 3.24. The minimum Gasteiger partial charge on any atom is -0.337 e. The normalized spacial score (nSPS) is 11.3. The molecule has 0 radical (unpaired) electrons. The van der Waals surface area contributed by atoms with Gasteiger partial charge in [0.25, 0.3) is 5.56 Å². The summed E-state index contributed by atoms with van der Waals surface area (Å²) in [5, 5.41) is 4.65. The molecule has 3 heterocycles. The largest absolute Gasteiger partial charge is 0.337 e. The van der Waals surface area contributed by atoms with Crippen LogP contribution >= 0.6 is 23.4 Å². The lowest BCUT2D eigenvalue weighted by Gasteiger charge is -2.01. The van der Waals surface area contributed by atoms with Crippen LogP contribution < -0.4 is 5.56 Å². The van der Waals surface area contributed by atoms with Gasteiger partial charge in [-0.1, -0.05) is 16.8 Å². The van der Waals surface area contributed by atoms with Gasteiger partial charge >= 0.3 is 0 Å². The molecule has 0 saturated heterocycles. The molecule has 4 rings (SSSR count). The van der Waals surface area contributed by atoms with Gasteiger partial charge in [0.1, 0.15) is 12.9 Å². The van der Waals surface area contributed by atoms with Crippen LogP contribution in [0.5, 0.6) is 0 Å². The van der Waals surface area contributed by atoms with E-state index in [1.165, 1.54) is 10.9 Å². The molecule has 0 bridgehead atoms. The number of hydrogen-bond acceptors (Lipinski definition) is 7. The molecule has 0 saturated carbocycles. The van der Waals surface area contributed by atoms with Gasteiger partial charge < -0.3 is 9.09 Å². The summed E-state index contributed by atoms with van der Waals surface area (Å²) in [6.07, 6.45) is 2.99. The van der Waals surface area contributed by atoms with Gasteiger partial charge in [-0.3, -0.25) is 9.36 Å². The van der Waals surface area contributed by atoms with E-state index in [1.807, 2.05) is 24.3 Å². The van der Waals surface area contributed by atoms with Gasteiger partial charge in [0.05, 0.1) is 12.1 Å². The summed E-state index contributed by atoms with van der Waals surface area (Å²) in [6.45, 7) is 0.158. The van der Waals surface area contributed by atoms with Crippen molar-refractivity contribution in [1.29, 1.82) is 0 Å². The molecule has 0 amide bonds. The Morgan fingerprint density at radius 3 is 2.77 bits per heavy atom. The highest BCUT2D eigenvalue weighted by Crippen LogP contribution is 2.23. The molecule has 4 aromatic rings. The first kappa shape index (κ1) is 16.8. The molecular weight excluding hydrogens is 376 g/mol. The molecule has 0 aliphatic carbocycles. The minimum atomic E-state index is -0.203. The van der Waals surface area contributed by atoms with Crippen LogP contribution in [-0.4, -0.2) is 29.2 Å². The van der Waals surface area contributed by atoms with Crippen LogP contribution in [0.4, 0.5) is 0 Å². The summed E-state index contributed by atoms with van der Waals surface area (Å²) in [5.41, 5.74) is 0.648. The molecule has 0 aliphatic rings. The lowest BCUT2D eigenvalue weighted by atomic mass is 10.4. The SMILES string of the molecule is Cn1cnc2ncn(Cc3nc(CSc4ccc(Cl)cc4)no3)c(=O)c21. The topological polar surface area (TPSA) is 91.6 Å². The summed E-state index contributed by atoms with van der Waals surface area (Å²) in [6, 6.07) is 7.53. The van der Waals surface area contributed by atoms with E-state index in [-0.39, 0.29) is 12.1 Å². The monoisotopic (exact) mass is 388 g/mol. The third-order valence-corrected chi connectivity index (χ3v) is 4.96. The number of rotatable bonds is 5. The van der Waals surface area contributed by atoms with Crippen LogP contribution in [-0.2, 0) is 19.3 Å². The van der Waals surface area contributed by atoms with E-state index < -0.39 is 0 Å². The molecule has 0 N–H and O–H groups in total. The Morgan fingerprint density at radius 1 is 1.19 bits per heavy atom. The summed E-state index contributed by atoms with van der Waals surface area (Å²) in [5.74, 6) is 1.46. The van der Waals surface area contributed by atoms with Crippen molar-refractivity contribution >= 4 is 34.5 Å². The number of imidazole rings is 1. The van der Waals surface area contributed by atoms with Gasteiger partial charge in [-0.05, 0) is 24.3 Å². The highest BCUT2D eigenvalue weighted by molar-refractivity contribution is 7.98. The Bertz CT molecular complexity index is 1120. The van der Waals surface area contributed by atoms with E-state index in [2.05, 4.69) is 20.1 Å². The van der Waals surface area contributed by atoms with Crippen molar-refractivity contribution < 1.29 is 4.52 Å². The predicted octanol–water partition coefficient (Wildman–Crippen LogP) is 2.51. The van der Waals surface area contributed by atoms with Crippen molar-refractivity contribution in [3.63, 3.8) is 0 Å². The molecule has 10 heteroatoms. The first-order valence-electron chi connectivity index (χ1n) is 7.66. The average molecular weight is 389 g/mol. The van der Waals surface area contributed by atoms with Crippen LogP contribution in [0.1, 0.15) is 11.7 Å². The van der Waals surface area contributed by atoms with E-state index in [0.717, 1.165) is 4.90 Å². The Balaban J connectivity index is 1.48. The summed E-state index contributed by atoms with van der Waals surface area (Å²) in [7, 11) is 1.75. The van der Waals surface area contributed by atoms with Gasteiger partial charge in [-0.2, -0.15) is 4.98 Å². The number of thioether (sulfide) groups is 1. The molecule has 0 atom stereocenters. The van der Waals surface area contributed by atoms with E-state index in [9.17, 15) is 4.79 Å². The molecule has 26 heavy (non-hydrogen) atoms. The standard InChI is InChI=1S/C16H13ClN6O2S/c1-22-8-18-15-14(22)16(24)23(9-19-15)6-13-20-12(21-25-13)7-26-11-4-2-10(17)3-5-11/h2-5,8-9H,6-7H2,1H3. The Kier molecular flexibility index (Phi) is 4.48. The fourth-order valence-electron chi connectivity index (χ4n) is 2.42. The van der Waals surface area contributed by atoms with Crippen LogP contribution in [0.15, 0.2) is 51.1 Å². The first-order chi connectivity index (χ1) is 12.6. The smallest absolute Gasteiger partial charge is 0.280 e. The fourth-order valence-corrected chi connectivity index (χ4v) is 3.29. The maximum Gasteiger partial charge on any atom is 0.280 e. The van der Waals surface area contributed by atoms with Gasteiger partial charge in [0.15, 0.2) is 17.0 Å². The van der Waals surface area contributed by atoms with Crippen molar-refractivity contribution in [2.75, 3.05) is 0 Å². The highest BCUT2D eigenvalue weighted by Gasteiger charge is 2.12. The van der Waals surface area contributed by atoms with Crippen LogP contribution in [0.2, 0.25) is 5.02 Å². The lowest BCUT2D eigenvalue weighted by molar-refractivity contribution is 0.365. The zero-order valence-corrected chi connectivity index (χ0v) is 15.2. The van der Waals surface area contributed by atoms with E-state index >= 15 is 0 Å². The van der Waals surface area contributed by atoms with Gasteiger partial charge in [0, 0.05) is 17.0 Å². The van der Waals surface area contributed by atoms with Crippen molar-refractivity contribution in [3.8, 4) is 0 Å². The molecule has 132 valence electrons. The van der Waals surface area contributed by atoms with Gasteiger partial charge in [0.2, 0.25) is 5.89 Å². The minimum absolute atomic E-state index is 0.158. The van der Waals surface area contributed by atoms with Crippen LogP contribution in [0, 0.1) is 0 Å². The van der Waals surface area contributed by atoms with Crippen LogP contribution in [0.3, 0.4) is 0 Å². The third-order valence-electron chi connectivity index (χ3n) is 3.70. The van der Waals surface area contributed by atoms with Crippen molar-refractivity contribution in [1.82, 2.24) is 29.2 Å². The molecule has 0 aliphatic heterocycles. The van der Waals surface area contributed by atoms with E-state index in [4.69, 9.17) is 16.1 Å². The molecular formula is C16H13ClN6O2S. The lowest BCUT2D eigenvalue weighted by Crippen LogP contribution is -2.22. The number of hydrogen-bond donors (Lipinski definition) is 0. The molecule has 0 unspecified atom stereocenters. The summed E-state index contributed by atoms with van der Waals surface area (Å²) >= 11 is 7.45. The third kappa shape index (κ3) is 3.35. The molecule has 0 spiro atoms. The quantitative estimate of drug-likeness (QED) is 0.485. The fraction of sp³-hybridized carbons (Fsp3) is 0.188. The van der Waals surface area contributed by atoms with E-state index in [1.54, 1.807) is 29.7 Å². The van der Waals surface area contributed by atoms with Gasteiger partial charge in [-0.15, -0.1) is 11.8 Å². The first-order valence-corrected chi connectivity index (χ1v) is 9.03. The summed E-state index contributed by atoms with van der Waals surface area (Å²) < 4.78 is 8.32. The second-order valence-corrected chi connectivity index (χ2v) is 7.04. The molecule has 0 fully saturated rings. The number of nitrogens with zero attached hydrogens (tertiary/aromatic N) is 6. The molecule has 3 aromatic heterocycles. The number of aromatic nitrogens is 6. The molecule has 1 aromatic carbocycles. The second-order valence-electron chi connectivity index (χ2n) is 5.55. The maximum absolute atomic E-state index is 12.5. The highest BCUT2D eigenvalue weighted by atomic mass is 35.5. The number of fused-ring (bicyclic) bond motifs is 1. The Hall–Kier alpha value is -2.65. The number of benzene rings is 1. The second kappa shape index (κ2) is 6.93. The maximum atomic E-state index is 12.5. The zero-order chi connectivity index (χ0) is 18.1. The summed E-state index contributed by atoms with van der Waals surface area (Å²) in [4.78, 5) is 26.2. The van der Waals surface area contributed by atoms with Crippen molar-refractivity contribution in [2.45, 2.75) is 17.2 Å². The van der Waals surface area contributed by atoms with Crippen LogP contribution in [0.25, 0.3) is 11.2 Å². The Morgan fingerprint density at radius 2 is 1.96 bits per heavy atom. The van der Waals surface area contributed by atoms with Crippen molar-refractivity contribution in [2.24, 2.45) is 7.05 Å². The predicted molar refractivity (Wildman–Crippen MR) is 97.2 cm³/mol. The van der Waals surface area contributed by atoms with Crippen molar-refractivity contribution in [3.05, 3.63) is 64.0 Å². The number of aryl methyl sites for hydroxylation is 1. The molecule has 8 nitrogen and oxygen atoms in total. The van der Waals surface area contributed by atoms with E-state index in [0.29, 0.717) is 33.7 Å². The Labute approximate surface area is 156 Å².